The van der Waals surface area contributed by atoms with E-state index >= 15 is 0 Å². The summed E-state index contributed by atoms with van der Waals surface area (Å²) in [6, 6.07) is -0.410. The lowest BCUT2D eigenvalue weighted by Crippen LogP contribution is -2.28. The first-order valence-electron chi connectivity index (χ1n) is 4.46. The molecule has 0 saturated carbocycles. The zero-order chi connectivity index (χ0) is 10.5. The van der Waals surface area contributed by atoms with Crippen LogP contribution in [-0.4, -0.2) is 46.2 Å². The van der Waals surface area contributed by atoms with Gasteiger partial charge in [0, 0.05) is 12.1 Å². The Hall–Kier alpha value is -1.36. The molecule has 0 aliphatic carbocycles. The fourth-order valence-electron chi connectivity index (χ4n) is 2.51. The highest BCUT2D eigenvalue weighted by molar-refractivity contribution is 6.02. The molecule has 2 atom stereocenters. The summed E-state index contributed by atoms with van der Waals surface area (Å²) >= 11 is 0. The number of carboxylic acid groups (broad SMARTS) is 2. The Morgan fingerprint density at radius 1 is 1.14 bits per heavy atom. The number of nitrogens with zero attached hydrogens (tertiary/aromatic N) is 1. The largest absolute Gasteiger partial charge is 0.478 e. The smallest absolute Gasteiger partial charge is 0.333 e. The van der Waals surface area contributed by atoms with Gasteiger partial charge in [0.15, 0.2) is 0 Å². The molecule has 1 saturated heterocycles. The summed E-state index contributed by atoms with van der Waals surface area (Å²) in [5, 5.41) is 17.8. The maximum Gasteiger partial charge on any atom is 0.333 e. The lowest BCUT2D eigenvalue weighted by Gasteiger charge is -2.15. The van der Waals surface area contributed by atoms with Crippen LogP contribution < -0.4 is 0 Å². The van der Waals surface area contributed by atoms with Crippen LogP contribution in [-0.2, 0) is 9.59 Å². The van der Waals surface area contributed by atoms with Crippen molar-refractivity contribution in [2.45, 2.75) is 24.9 Å². The lowest BCUT2D eigenvalue weighted by atomic mass is 9.92. The van der Waals surface area contributed by atoms with Crippen molar-refractivity contribution in [1.29, 1.82) is 0 Å². The second-order valence-electron chi connectivity index (χ2n) is 3.71. The summed E-state index contributed by atoms with van der Waals surface area (Å²) in [4.78, 5) is 23.6. The van der Waals surface area contributed by atoms with E-state index in [1.807, 2.05) is 4.90 Å². The SMILES string of the molecule is CN1C2CCC1C(C(=O)O)=C2C(=O)O. The molecule has 2 rings (SSSR count). The number of likely N-dealkylation sites (N-methyl/N-ethyl adjacent to an activating group) is 1. The molecule has 5 heteroatoms. The number of rotatable bonds is 2. The molecule has 2 bridgehead atoms. The lowest BCUT2D eigenvalue weighted by molar-refractivity contribution is -0.136. The molecule has 0 radical (unpaired) electrons. The number of hydrogen-bond donors (Lipinski definition) is 2. The van der Waals surface area contributed by atoms with E-state index in [9.17, 15) is 9.59 Å². The van der Waals surface area contributed by atoms with Gasteiger partial charge in [0.1, 0.15) is 0 Å². The molecule has 0 aromatic heterocycles. The van der Waals surface area contributed by atoms with Crippen molar-refractivity contribution in [2.75, 3.05) is 7.05 Å². The highest BCUT2D eigenvalue weighted by atomic mass is 16.4. The van der Waals surface area contributed by atoms with Gasteiger partial charge in [0.25, 0.3) is 0 Å². The maximum atomic E-state index is 10.9. The van der Waals surface area contributed by atoms with Gasteiger partial charge < -0.3 is 10.2 Å². The average Bonchev–Trinajstić information content (AvgIpc) is 2.58. The van der Waals surface area contributed by atoms with Crippen molar-refractivity contribution < 1.29 is 19.8 Å². The van der Waals surface area contributed by atoms with Crippen LogP contribution in [0.2, 0.25) is 0 Å². The quantitative estimate of drug-likeness (QED) is 0.647. The number of carboxylic acids is 2. The van der Waals surface area contributed by atoms with Crippen molar-refractivity contribution in [1.82, 2.24) is 4.90 Å². The molecule has 5 nitrogen and oxygen atoms in total. The van der Waals surface area contributed by atoms with Crippen molar-refractivity contribution in [3.8, 4) is 0 Å². The van der Waals surface area contributed by atoms with E-state index in [4.69, 9.17) is 10.2 Å². The Balaban J connectivity index is 2.50. The van der Waals surface area contributed by atoms with Crippen molar-refractivity contribution >= 4 is 11.9 Å². The fraction of sp³-hybridized carbons (Fsp3) is 0.556. The predicted octanol–water partition coefficient (Wildman–Crippen LogP) is -0.0714. The van der Waals surface area contributed by atoms with Gasteiger partial charge in [-0.2, -0.15) is 0 Å². The summed E-state index contributed by atoms with van der Waals surface area (Å²) in [5.41, 5.74) is 0.160. The average molecular weight is 197 g/mol. The molecule has 2 unspecified atom stereocenters. The monoisotopic (exact) mass is 197 g/mol. The molecule has 0 spiro atoms. The molecule has 2 aliphatic rings. The number of hydrogen-bond acceptors (Lipinski definition) is 3. The normalized spacial score (nSPS) is 31.2. The molecular formula is C9H11NO4. The highest BCUT2D eigenvalue weighted by Gasteiger charge is 2.48. The van der Waals surface area contributed by atoms with Crippen LogP contribution >= 0.6 is 0 Å². The van der Waals surface area contributed by atoms with Crippen molar-refractivity contribution in [3.05, 3.63) is 11.1 Å². The minimum atomic E-state index is -1.10. The second kappa shape index (κ2) is 2.81. The van der Waals surface area contributed by atoms with E-state index in [1.54, 1.807) is 7.05 Å². The van der Waals surface area contributed by atoms with Gasteiger partial charge in [-0.3, -0.25) is 4.90 Å². The van der Waals surface area contributed by atoms with Gasteiger partial charge in [0.05, 0.1) is 11.1 Å². The van der Waals surface area contributed by atoms with E-state index in [0.717, 1.165) is 12.8 Å². The molecule has 2 aliphatic heterocycles. The van der Waals surface area contributed by atoms with Crippen LogP contribution in [0.1, 0.15) is 12.8 Å². The summed E-state index contributed by atoms with van der Waals surface area (Å²) < 4.78 is 0. The third-order valence-corrected chi connectivity index (χ3v) is 3.11. The van der Waals surface area contributed by atoms with Gasteiger partial charge >= 0.3 is 11.9 Å². The van der Waals surface area contributed by atoms with E-state index in [0.29, 0.717) is 0 Å². The van der Waals surface area contributed by atoms with Gasteiger partial charge in [-0.05, 0) is 19.9 Å². The van der Waals surface area contributed by atoms with Crippen LogP contribution in [0.25, 0.3) is 0 Å². The standard InChI is InChI=1S/C9H11NO4/c1-10-4-2-3-5(10)7(9(13)14)6(4)8(11)12/h4-5H,2-3H2,1H3,(H,11,12)(H,13,14). The van der Waals surface area contributed by atoms with Gasteiger partial charge in [-0.1, -0.05) is 0 Å². The molecule has 14 heavy (non-hydrogen) atoms. The number of fused-ring (bicyclic) bond motifs is 2. The molecule has 1 fully saturated rings. The van der Waals surface area contributed by atoms with E-state index in [1.165, 1.54) is 0 Å². The van der Waals surface area contributed by atoms with E-state index in [-0.39, 0.29) is 23.2 Å². The Morgan fingerprint density at radius 2 is 1.50 bits per heavy atom. The molecule has 0 aromatic carbocycles. The maximum absolute atomic E-state index is 10.9. The Kier molecular flexibility index (Phi) is 1.85. The minimum Gasteiger partial charge on any atom is -0.478 e. The Morgan fingerprint density at radius 3 is 1.79 bits per heavy atom. The summed E-state index contributed by atoms with van der Waals surface area (Å²) in [7, 11) is 1.78. The molecule has 2 N–H and O–H groups in total. The minimum absolute atomic E-state index is 0.0799. The van der Waals surface area contributed by atoms with Gasteiger partial charge in [-0.25, -0.2) is 9.59 Å². The van der Waals surface area contributed by atoms with Crippen molar-refractivity contribution in [3.63, 3.8) is 0 Å². The Labute approximate surface area is 80.6 Å². The highest BCUT2D eigenvalue weighted by Crippen LogP contribution is 2.40. The second-order valence-corrected chi connectivity index (χ2v) is 3.71. The van der Waals surface area contributed by atoms with Crippen molar-refractivity contribution in [2.24, 2.45) is 0 Å². The predicted molar refractivity (Wildman–Crippen MR) is 46.9 cm³/mol. The fourth-order valence-corrected chi connectivity index (χ4v) is 2.51. The van der Waals surface area contributed by atoms with E-state index in [2.05, 4.69) is 0 Å². The first-order chi connectivity index (χ1) is 6.54. The number of carbonyl (C=O) groups is 2. The van der Waals surface area contributed by atoms with Crippen LogP contribution in [0.15, 0.2) is 11.1 Å². The zero-order valence-electron chi connectivity index (χ0n) is 7.73. The Bertz CT molecular complexity index is 315. The summed E-state index contributed by atoms with van der Waals surface area (Å²) in [6.07, 6.45) is 1.50. The zero-order valence-corrected chi connectivity index (χ0v) is 7.73. The molecule has 0 aromatic rings. The topological polar surface area (TPSA) is 77.8 Å². The summed E-state index contributed by atoms with van der Waals surface area (Å²) in [6.45, 7) is 0. The van der Waals surface area contributed by atoms with E-state index < -0.39 is 11.9 Å². The summed E-state index contributed by atoms with van der Waals surface area (Å²) in [5.74, 6) is -2.19. The van der Waals surface area contributed by atoms with Crippen LogP contribution in [0.4, 0.5) is 0 Å². The first-order valence-corrected chi connectivity index (χ1v) is 4.46. The van der Waals surface area contributed by atoms with Crippen LogP contribution in [0, 0.1) is 0 Å². The van der Waals surface area contributed by atoms with Gasteiger partial charge in [0.2, 0.25) is 0 Å². The molecular weight excluding hydrogens is 186 g/mol. The number of aliphatic carboxylic acids is 2. The molecule has 0 amide bonds. The molecule has 76 valence electrons. The molecule has 2 heterocycles. The van der Waals surface area contributed by atoms with Crippen LogP contribution in [0.3, 0.4) is 0 Å². The third kappa shape index (κ3) is 0.988. The first kappa shape index (κ1) is 9.21. The third-order valence-electron chi connectivity index (χ3n) is 3.11. The van der Waals surface area contributed by atoms with Crippen LogP contribution in [0.5, 0.6) is 0 Å². The van der Waals surface area contributed by atoms with Gasteiger partial charge in [-0.15, -0.1) is 0 Å².